The van der Waals surface area contributed by atoms with Gasteiger partial charge in [0.05, 0.1) is 23.2 Å². The summed E-state index contributed by atoms with van der Waals surface area (Å²) in [5.41, 5.74) is 6.66. The van der Waals surface area contributed by atoms with Crippen molar-refractivity contribution >= 4 is 21.4 Å². The fourth-order valence-corrected chi connectivity index (χ4v) is 6.60. The molecule has 1 fully saturated rings. The van der Waals surface area contributed by atoms with Crippen molar-refractivity contribution in [1.29, 1.82) is 0 Å². The lowest BCUT2D eigenvalue weighted by atomic mass is 10.0. The van der Waals surface area contributed by atoms with E-state index in [0.29, 0.717) is 13.0 Å². The van der Waals surface area contributed by atoms with Crippen molar-refractivity contribution in [2.24, 2.45) is 0 Å². The van der Waals surface area contributed by atoms with Gasteiger partial charge in [-0.3, -0.25) is 14.4 Å². The minimum Gasteiger partial charge on any atom is -0.324 e. The first-order valence-corrected chi connectivity index (χ1v) is 13.8. The highest BCUT2D eigenvalue weighted by molar-refractivity contribution is 7.91. The molecule has 2 atom stereocenters. The van der Waals surface area contributed by atoms with Crippen molar-refractivity contribution < 1.29 is 13.2 Å². The van der Waals surface area contributed by atoms with E-state index in [9.17, 15) is 13.2 Å². The predicted molar refractivity (Wildman–Crippen MR) is 139 cm³/mol. The monoisotopic (exact) mass is 494 g/mol. The average Bonchev–Trinajstić information content (AvgIpc) is 3.30. The molecule has 1 aliphatic rings. The molecular formula is C27H34N4O3S. The van der Waals surface area contributed by atoms with Crippen LogP contribution in [0.5, 0.6) is 0 Å². The second-order valence-corrected chi connectivity index (χ2v) is 11.9. The van der Waals surface area contributed by atoms with E-state index in [4.69, 9.17) is 5.10 Å². The first-order valence-electron chi connectivity index (χ1n) is 11.9. The van der Waals surface area contributed by atoms with Gasteiger partial charge < -0.3 is 5.32 Å². The Balaban J connectivity index is 1.62. The molecule has 1 aromatic heterocycles. The summed E-state index contributed by atoms with van der Waals surface area (Å²) in [6, 6.07) is 15.2. The van der Waals surface area contributed by atoms with Crippen molar-refractivity contribution in [3.63, 3.8) is 0 Å². The normalized spacial score (nSPS) is 18.1. The van der Waals surface area contributed by atoms with Gasteiger partial charge in [-0.25, -0.2) is 8.42 Å². The Morgan fingerprint density at radius 2 is 1.86 bits per heavy atom. The maximum Gasteiger partial charge on any atom is 0.246 e. The van der Waals surface area contributed by atoms with Crippen LogP contribution in [0.3, 0.4) is 0 Å². The molecule has 8 heteroatoms. The maximum atomic E-state index is 13.6. The number of carbonyl (C=O) groups excluding carboxylic acids is 1. The van der Waals surface area contributed by atoms with Gasteiger partial charge in [0.15, 0.2) is 9.84 Å². The van der Waals surface area contributed by atoms with Crippen LogP contribution < -0.4 is 5.32 Å². The van der Waals surface area contributed by atoms with Crippen molar-refractivity contribution in [2.75, 3.05) is 23.9 Å². The molecule has 186 valence electrons. The number of nitrogens with zero attached hydrogens (tertiary/aromatic N) is 3. The Kier molecular flexibility index (Phi) is 7.15. The van der Waals surface area contributed by atoms with Crippen LogP contribution in [0.25, 0.3) is 0 Å². The van der Waals surface area contributed by atoms with Gasteiger partial charge in [-0.05, 0) is 63.9 Å². The molecule has 35 heavy (non-hydrogen) atoms. The molecule has 1 saturated heterocycles. The zero-order chi connectivity index (χ0) is 25.3. The van der Waals surface area contributed by atoms with Crippen LogP contribution in [0.1, 0.15) is 52.1 Å². The molecule has 1 N–H and O–H groups in total. The molecular weight excluding hydrogens is 460 g/mol. The van der Waals surface area contributed by atoms with Gasteiger partial charge in [-0.2, -0.15) is 5.10 Å². The molecule has 0 saturated carbocycles. The van der Waals surface area contributed by atoms with E-state index in [-0.39, 0.29) is 23.5 Å². The molecule has 0 radical (unpaired) electrons. The third-order valence-corrected chi connectivity index (χ3v) is 8.64. The zero-order valence-corrected chi connectivity index (χ0v) is 21.9. The number of anilines is 1. The number of aryl methyl sites for hydroxylation is 3. The van der Waals surface area contributed by atoms with E-state index >= 15 is 0 Å². The largest absolute Gasteiger partial charge is 0.324 e. The van der Waals surface area contributed by atoms with E-state index in [1.807, 2.05) is 92.9 Å². The summed E-state index contributed by atoms with van der Waals surface area (Å²) < 4.78 is 25.9. The summed E-state index contributed by atoms with van der Waals surface area (Å²) in [7, 11) is -1.07. The van der Waals surface area contributed by atoms with Gasteiger partial charge in [0, 0.05) is 23.5 Å². The number of rotatable bonds is 7. The summed E-state index contributed by atoms with van der Waals surface area (Å²) >= 11 is 0. The smallest absolute Gasteiger partial charge is 0.246 e. The van der Waals surface area contributed by atoms with E-state index < -0.39 is 15.9 Å². The van der Waals surface area contributed by atoms with Gasteiger partial charge in [0.2, 0.25) is 5.91 Å². The van der Waals surface area contributed by atoms with Crippen molar-refractivity contribution in [3.8, 4) is 0 Å². The number of likely N-dealkylation sites (N-methyl/N-ethyl adjacent to an activating group) is 1. The lowest BCUT2D eigenvalue weighted by molar-refractivity contribution is -0.121. The average molecular weight is 495 g/mol. The lowest BCUT2D eigenvalue weighted by Gasteiger charge is -2.28. The summed E-state index contributed by atoms with van der Waals surface area (Å²) in [6.45, 7) is 8.44. The molecule has 0 spiro atoms. The zero-order valence-electron chi connectivity index (χ0n) is 21.1. The van der Waals surface area contributed by atoms with Gasteiger partial charge in [0.25, 0.3) is 0 Å². The summed E-state index contributed by atoms with van der Waals surface area (Å²) in [6.07, 6.45) is 0.588. The molecule has 3 aromatic rings. The van der Waals surface area contributed by atoms with Crippen LogP contribution in [0.2, 0.25) is 0 Å². The molecule has 0 bridgehead atoms. The van der Waals surface area contributed by atoms with Crippen molar-refractivity contribution in [3.05, 3.63) is 82.2 Å². The van der Waals surface area contributed by atoms with Gasteiger partial charge in [0.1, 0.15) is 6.04 Å². The van der Waals surface area contributed by atoms with Gasteiger partial charge >= 0.3 is 0 Å². The Morgan fingerprint density at radius 1 is 1.14 bits per heavy atom. The molecule has 4 rings (SSSR count). The first-order chi connectivity index (χ1) is 16.6. The number of aromatic nitrogens is 2. The Morgan fingerprint density at radius 3 is 2.51 bits per heavy atom. The molecule has 2 heterocycles. The Hall–Kier alpha value is -2.97. The van der Waals surface area contributed by atoms with E-state index in [1.54, 1.807) is 0 Å². The topological polar surface area (TPSA) is 84.3 Å². The second kappa shape index (κ2) is 9.95. The SMILES string of the molecule is Cc1ccc(C)c(NC(=O)[C@H](c2ccccc2)N(C)Cc2c(C)nn([C@H]3CCS(=O)(=O)C3)c2C)c1. The molecule has 0 unspecified atom stereocenters. The molecule has 1 amide bonds. The number of carbonyl (C=O) groups is 1. The Labute approximate surface area is 208 Å². The highest BCUT2D eigenvalue weighted by Gasteiger charge is 2.32. The van der Waals surface area contributed by atoms with Crippen molar-refractivity contribution in [2.45, 2.75) is 52.7 Å². The fraction of sp³-hybridized carbons (Fsp3) is 0.407. The quantitative estimate of drug-likeness (QED) is 0.530. The van der Waals surface area contributed by atoms with Gasteiger partial charge in [-0.15, -0.1) is 0 Å². The van der Waals surface area contributed by atoms with E-state index in [0.717, 1.165) is 39.3 Å². The van der Waals surface area contributed by atoms with E-state index in [2.05, 4.69) is 5.32 Å². The second-order valence-electron chi connectivity index (χ2n) is 9.69. The van der Waals surface area contributed by atoms with Crippen LogP contribution in [-0.4, -0.2) is 47.6 Å². The molecule has 2 aromatic carbocycles. The van der Waals surface area contributed by atoms with Crippen LogP contribution in [0.4, 0.5) is 5.69 Å². The Bertz CT molecular complexity index is 1330. The molecule has 7 nitrogen and oxygen atoms in total. The summed E-state index contributed by atoms with van der Waals surface area (Å²) in [4.78, 5) is 15.7. The first kappa shape index (κ1) is 25.1. The van der Waals surface area contributed by atoms with Crippen LogP contribution in [0.15, 0.2) is 48.5 Å². The van der Waals surface area contributed by atoms with Crippen LogP contribution in [0, 0.1) is 27.7 Å². The minimum atomic E-state index is -3.01. The standard InChI is InChI=1S/C27H34N4O3S/c1-18-11-12-19(2)25(15-18)28-27(32)26(22-9-7-6-8-10-22)30(5)16-24-20(3)29-31(21(24)4)23-13-14-35(33,34)17-23/h6-12,15,23,26H,13-14,16-17H2,1-5H3,(H,28,32)/t23-,26-/m0/s1. The highest BCUT2D eigenvalue weighted by atomic mass is 32.2. The van der Waals surface area contributed by atoms with E-state index in [1.165, 1.54) is 0 Å². The maximum absolute atomic E-state index is 13.6. The number of amides is 1. The number of benzene rings is 2. The van der Waals surface area contributed by atoms with Crippen LogP contribution in [-0.2, 0) is 21.2 Å². The highest BCUT2D eigenvalue weighted by Crippen LogP contribution is 2.30. The minimum absolute atomic E-state index is 0.100. The number of hydrogen-bond donors (Lipinski definition) is 1. The van der Waals surface area contributed by atoms with Gasteiger partial charge in [-0.1, -0.05) is 42.5 Å². The fourth-order valence-electron chi connectivity index (χ4n) is 4.90. The van der Waals surface area contributed by atoms with Crippen LogP contribution >= 0.6 is 0 Å². The third kappa shape index (κ3) is 5.49. The predicted octanol–water partition coefficient (Wildman–Crippen LogP) is 4.29. The summed E-state index contributed by atoms with van der Waals surface area (Å²) in [5, 5.41) is 7.84. The number of hydrogen-bond acceptors (Lipinski definition) is 5. The van der Waals surface area contributed by atoms with Crippen molar-refractivity contribution in [1.82, 2.24) is 14.7 Å². The molecule has 1 aliphatic heterocycles. The lowest BCUT2D eigenvalue weighted by Crippen LogP contribution is -2.35. The molecule has 0 aliphatic carbocycles. The number of nitrogens with one attached hydrogen (secondary N) is 1. The third-order valence-electron chi connectivity index (χ3n) is 6.89. The number of sulfone groups is 1. The summed E-state index contributed by atoms with van der Waals surface area (Å²) in [5.74, 6) is 0.242.